The van der Waals surface area contributed by atoms with Crippen LogP contribution < -0.4 is 4.74 Å². The standard InChI is InChI=1S/C18H26N2O3/c1-19(2)17(21)7-4-8-18(22)20-11-5-6-14-12-16(23-3)10-9-15(14)13-20/h9-10,12H,4-8,11,13H2,1-3H3. The van der Waals surface area contributed by atoms with E-state index in [-0.39, 0.29) is 11.8 Å². The van der Waals surface area contributed by atoms with Gasteiger partial charge < -0.3 is 14.5 Å². The lowest BCUT2D eigenvalue weighted by atomic mass is 10.0. The molecule has 1 aromatic carbocycles. The van der Waals surface area contributed by atoms with E-state index in [9.17, 15) is 9.59 Å². The van der Waals surface area contributed by atoms with Crippen molar-refractivity contribution in [2.24, 2.45) is 0 Å². The minimum Gasteiger partial charge on any atom is -0.497 e. The van der Waals surface area contributed by atoms with Crippen LogP contribution in [0.4, 0.5) is 0 Å². The number of hydrogen-bond acceptors (Lipinski definition) is 3. The van der Waals surface area contributed by atoms with Crippen molar-refractivity contribution in [3.63, 3.8) is 0 Å². The second kappa shape index (κ2) is 7.99. The molecule has 1 heterocycles. The van der Waals surface area contributed by atoms with Crippen LogP contribution in [0.2, 0.25) is 0 Å². The van der Waals surface area contributed by atoms with Gasteiger partial charge in [0.1, 0.15) is 5.75 Å². The van der Waals surface area contributed by atoms with E-state index in [0.717, 1.165) is 25.1 Å². The maximum Gasteiger partial charge on any atom is 0.222 e. The summed E-state index contributed by atoms with van der Waals surface area (Å²) in [6, 6.07) is 6.07. The molecular weight excluding hydrogens is 292 g/mol. The van der Waals surface area contributed by atoms with Gasteiger partial charge in [-0.15, -0.1) is 0 Å². The fourth-order valence-electron chi connectivity index (χ4n) is 2.85. The summed E-state index contributed by atoms with van der Waals surface area (Å²) in [6.45, 7) is 1.43. The van der Waals surface area contributed by atoms with Crippen molar-refractivity contribution in [1.82, 2.24) is 9.80 Å². The Balaban J connectivity index is 1.92. The van der Waals surface area contributed by atoms with Crippen molar-refractivity contribution in [3.8, 4) is 5.75 Å². The average Bonchev–Trinajstić information content (AvgIpc) is 2.75. The van der Waals surface area contributed by atoms with E-state index >= 15 is 0 Å². The Labute approximate surface area is 138 Å². The molecule has 5 heteroatoms. The third kappa shape index (κ3) is 4.71. The van der Waals surface area contributed by atoms with Crippen LogP contribution >= 0.6 is 0 Å². The summed E-state index contributed by atoms with van der Waals surface area (Å²) in [5.41, 5.74) is 2.46. The second-order valence-corrected chi connectivity index (χ2v) is 6.20. The van der Waals surface area contributed by atoms with Crippen LogP contribution in [0.3, 0.4) is 0 Å². The lowest BCUT2D eigenvalue weighted by Crippen LogP contribution is -2.30. The van der Waals surface area contributed by atoms with E-state index in [0.29, 0.717) is 25.8 Å². The summed E-state index contributed by atoms with van der Waals surface area (Å²) < 4.78 is 5.27. The number of nitrogens with zero attached hydrogens (tertiary/aromatic N) is 2. The molecule has 2 rings (SSSR count). The molecule has 0 N–H and O–H groups in total. The van der Waals surface area contributed by atoms with Crippen molar-refractivity contribution in [2.45, 2.75) is 38.6 Å². The number of benzene rings is 1. The van der Waals surface area contributed by atoms with Gasteiger partial charge in [0.2, 0.25) is 11.8 Å². The molecule has 0 spiro atoms. The lowest BCUT2D eigenvalue weighted by molar-refractivity contribution is -0.132. The van der Waals surface area contributed by atoms with E-state index < -0.39 is 0 Å². The predicted molar refractivity (Wildman–Crippen MR) is 89.3 cm³/mol. The van der Waals surface area contributed by atoms with Gasteiger partial charge in [-0.1, -0.05) is 6.07 Å². The van der Waals surface area contributed by atoms with Gasteiger partial charge >= 0.3 is 0 Å². The smallest absolute Gasteiger partial charge is 0.222 e. The molecule has 2 amide bonds. The average molecular weight is 318 g/mol. The zero-order valence-electron chi connectivity index (χ0n) is 14.3. The number of carbonyl (C=O) groups is 2. The molecule has 0 radical (unpaired) electrons. The summed E-state index contributed by atoms with van der Waals surface area (Å²) in [5.74, 6) is 1.08. The molecule has 0 bridgehead atoms. The molecular formula is C18H26N2O3. The van der Waals surface area contributed by atoms with Crippen molar-refractivity contribution < 1.29 is 14.3 Å². The Morgan fingerprint density at radius 3 is 2.70 bits per heavy atom. The molecule has 0 fully saturated rings. The number of amides is 2. The predicted octanol–water partition coefficient (Wildman–Crippen LogP) is 2.23. The van der Waals surface area contributed by atoms with Gasteiger partial charge in [-0.25, -0.2) is 0 Å². The normalized spacial score (nSPS) is 14.0. The van der Waals surface area contributed by atoms with Gasteiger partial charge in [0.05, 0.1) is 7.11 Å². The topological polar surface area (TPSA) is 49.9 Å². The zero-order valence-corrected chi connectivity index (χ0v) is 14.3. The first-order valence-electron chi connectivity index (χ1n) is 8.15. The molecule has 23 heavy (non-hydrogen) atoms. The van der Waals surface area contributed by atoms with Crippen LogP contribution in [-0.4, -0.2) is 49.4 Å². The Morgan fingerprint density at radius 1 is 1.22 bits per heavy atom. The second-order valence-electron chi connectivity index (χ2n) is 6.20. The first kappa shape index (κ1) is 17.3. The number of methoxy groups -OCH3 is 1. The maximum atomic E-state index is 12.4. The molecule has 1 aliphatic rings. The van der Waals surface area contributed by atoms with E-state index in [1.54, 1.807) is 26.1 Å². The van der Waals surface area contributed by atoms with E-state index in [1.165, 1.54) is 11.1 Å². The number of aryl methyl sites for hydroxylation is 1. The highest BCUT2D eigenvalue weighted by atomic mass is 16.5. The number of hydrogen-bond donors (Lipinski definition) is 0. The molecule has 0 saturated carbocycles. The third-order valence-electron chi connectivity index (χ3n) is 4.28. The minimum absolute atomic E-state index is 0.0751. The van der Waals surface area contributed by atoms with Crippen LogP contribution in [0.15, 0.2) is 18.2 Å². The molecule has 0 unspecified atom stereocenters. The molecule has 0 atom stereocenters. The highest BCUT2D eigenvalue weighted by molar-refractivity contribution is 5.78. The molecule has 1 aromatic rings. The highest BCUT2D eigenvalue weighted by Gasteiger charge is 2.19. The molecule has 1 aliphatic heterocycles. The fraction of sp³-hybridized carbons (Fsp3) is 0.556. The van der Waals surface area contributed by atoms with Gasteiger partial charge in [-0.3, -0.25) is 9.59 Å². The minimum atomic E-state index is 0.0751. The Bertz CT molecular complexity index is 569. The molecule has 0 aliphatic carbocycles. The molecule has 5 nitrogen and oxygen atoms in total. The van der Waals surface area contributed by atoms with Crippen LogP contribution in [0.25, 0.3) is 0 Å². The third-order valence-corrected chi connectivity index (χ3v) is 4.28. The summed E-state index contributed by atoms with van der Waals surface area (Å²) in [6.07, 6.45) is 3.41. The highest BCUT2D eigenvalue weighted by Crippen LogP contribution is 2.24. The van der Waals surface area contributed by atoms with Crippen LogP contribution in [0.1, 0.15) is 36.8 Å². The number of rotatable bonds is 5. The molecule has 0 saturated heterocycles. The Morgan fingerprint density at radius 2 is 2.00 bits per heavy atom. The molecule has 0 aromatic heterocycles. The van der Waals surface area contributed by atoms with Crippen molar-refractivity contribution in [1.29, 1.82) is 0 Å². The van der Waals surface area contributed by atoms with E-state index in [1.807, 2.05) is 11.0 Å². The lowest BCUT2D eigenvalue weighted by Gasteiger charge is -2.21. The van der Waals surface area contributed by atoms with Crippen LogP contribution in [0, 0.1) is 0 Å². The largest absolute Gasteiger partial charge is 0.497 e. The van der Waals surface area contributed by atoms with Gasteiger partial charge in [0.25, 0.3) is 0 Å². The van der Waals surface area contributed by atoms with Crippen molar-refractivity contribution in [2.75, 3.05) is 27.7 Å². The van der Waals surface area contributed by atoms with Gasteiger partial charge in [-0.05, 0) is 42.5 Å². The van der Waals surface area contributed by atoms with Gasteiger partial charge in [0, 0.05) is 40.0 Å². The monoisotopic (exact) mass is 318 g/mol. The number of fused-ring (bicyclic) bond motifs is 1. The van der Waals surface area contributed by atoms with Crippen LogP contribution in [0.5, 0.6) is 5.75 Å². The van der Waals surface area contributed by atoms with Crippen molar-refractivity contribution in [3.05, 3.63) is 29.3 Å². The van der Waals surface area contributed by atoms with Gasteiger partial charge in [-0.2, -0.15) is 0 Å². The summed E-state index contributed by atoms with van der Waals surface area (Å²) in [5, 5.41) is 0. The summed E-state index contributed by atoms with van der Waals surface area (Å²) in [4.78, 5) is 27.5. The van der Waals surface area contributed by atoms with Gasteiger partial charge in [0.15, 0.2) is 0 Å². The first-order chi connectivity index (χ1) is 11.0. The fourth-order valence-corrected chi connectivity index (χ4v) is 2.85. The van der Waals surface area contributed by atoms with E-state index in [4.69, 9.17) is 4.74 Å². The number of ether oxygens (including phenoxy) is 1. The maximum absolute atomic E-state index is 12.4. The first-order valence-corrected chi connectivity index (χ1v) is 8.15. The summed E-state index contributed by atoms with van der Waals surface area (Å²) >= 11 is 0. The zero-order chi connectivity index (χ0) is 16.8. The Kier molecular flexibility index (Phi) is 6.02. The quantitative estimate of drug-likeness (QED) is 0.836. The number of carbonyl (C=O) groups excluding carboxylic acids is 2. The SMILES string of the molecule is COc1ccc2c(c1)CCCN(C(=O)CCCC(=O)N(C)C)C2. The van der Waals surface area contributed by atoms with E-state index in [2.05, 4.69) is 12.1 Å². The summed E-state index contributed by atoms with van der Waals surface area (Å²) in [7, 11) is 5.15. The van der Waals surface area contributed by atoms with Crippen LogP contribution in [-0.2, 0) is 22.6 Å². The molecule has 126 valence electrons. The Hall–Kier alpha value is -2.04. The van der Waals surface area contributed by atoms with Crippen molar-refractivity contribution >= 4 is 11.8 Å².